The molecule has 0 saturated carbocycles. The molecule has 2 aliphatic rings. The van der Waals surface area contributed by atoms with Gasteiger partial charge in [-0.1, -0.05) is 29.8 Å². The number of hydrogen-bond acceptors (Lipinski definition) is 3. The van der Waals surface area contributed by atoms with Gasteiger partial charge in [0.15, 0.2) is 0 Å². The van der Waals surface area contributed by atoms with Crippen molar-refractivity contribution >= 4 is 11.6 Å². The average molecular weight is 296 g/mol. The van der Waals surface area contributed by atoms with Crippen LogP contribution in [0.2, 0.25) is 5.02 Å². The van der Waals surface area contributed by atoms with Crippen molar-refractivity contribution in [1.29, 1.82) is 0 Å². The van der Waals surface area contributed by atoms with Crippen LogP contribution in [0.1, 0.15) is 36.4 Å². The molecule has 2 saturated heterocycles. The maximum atomic E-state index is 6.51. The van der Waals surface area contributed by atoms with Crippen LogP contribution >= 0.6 is 11.6 Å². The molecule has 0 aliphatic carbocycles. The summed E-state index contributed by atoms with van der Waals surface area (Å²) in [5, 5.41) is 0.809. The fourth-order valence-electron chi connectivity index (χ4n) is 3.42. The first-order chi connectivity index (χ1) is 9.61. The van der Waals surface area contributed by atoms with Gasteiger partial charge in [0.05, 0.1) is 12.2 Å². The highest BCUT2D eigenvalue weighted by atomic mass is 35.5. The molecule has 110 valence electrons. The molecule has 2 heterocycles. The third kappa shape index (κ3) is 2.60. The van der Waals surface area contributed by atoms with Crippen LogP contribution < -0.4 is 5.73 Å². The molecule has 3 unspecified atom stereocenters. The van der Waals surface area contributed by atoms with Crippen molar-refractivity contribution in [3.8, 4) is 0 Å². The minimum absolute atomic E-state index is 0.0243. The smallest absolute Gasteiger partial charge is 0.0940 e. The lowest BCUT2D eigenvalue weighted by molar-refractivity contribution is -0.101. The summed E-state index contributed by atoms with van der Waals surface area (Å²) in [5.74, 6) is 0.407. The molecule has 0 amide bonds. The second kappa shape index (κ2) is 5.64. The van der Waals surface area contributed by atoms with E-state index in [0.717, 1.165) is 48.6 Å². The van der Waals surface area contributed by atoms with E-state index in [9.17, 15) is 0 Å². The molecule has 20 heavy (non-hydrogen) atoms. The quantitative estimate of drug-likeness (QED) is 0.911. The summed E-state index contributed by atoms with van der Waals surface area (Å²) >= 11 is 6.42. The van der Waals surface area contributed by atoms with Crippen LogP contribution in [0, 0.1) is 12.8 Å². The van der Waals surface area contributed by atoms with E-state index >= 15 is 0 Å². The summed E-state index contributed by atoms with van der Waals surface area (Å²) in [6.45, 7) is 4.30. The monoisotopic (exact) mass is 295 g/mol. The SMILES string of the molecule is Cc1cccc(C(N)C2CCOC3(CCOC3)C2)c1Cl. The molecule has 3 rings (SSSR count). The summed E-state index contributed by atoms with van der Waals surface area (Å²) in [7, 11) is 0. The van der Waals surface area contributed by atoms with E-state index in [2.05, 4.69) is 0 Å². The van der Waals surface area contributed by atoms with Gasteiger partial charge in [-0.05, 0) is 36.8 Å². The maximum Gasteiger partial charge on any atom is 0.0940 e. The molecule has 1 aromatic rings. The molecule has 1 spiro atoms. The van der Waals surface area contributed by atoms with E-state index < -0.39 is 0 Å². The Balaban J connectivity index is 1.79. The predicted octanol–water partition coefficient (Wildman–Crippen LogP) is 3.23. The summed E-state index contributed by atoms with van der Waals surface area (Å²) in [5.41, 5.74) is 8.56. The normalized spacial score (nSPS) is 31.6. The fraction of sp³-hybridized carbons (Fsp3) is 0.625. The van der Waals surface area contributed by atoms with Crippen LogP contribution in [0.4, 0.5) is 0 Å². The van der Waals surface area contributed by atoms with Crippen LogP contribution in [0.25, 0.3) is 0 Å². The number of aryl methyl sites for hydroxylation is 1. The average Bonchev–Trinajstić information content (AvgIpc) is 2.89. The lowest BCUT2D eigenvalue weighted by Crippen LogP contribution is -2.43. The zero-order valence-electron chi connectivity index (χ0n) is 11.9. The Morgan fingerprint density at radius 1 is 1.40 bits per heavy atom. The van der Waals surface area contributed by atoms with E-state index in [1.54, 1.807) is 0 Å². The van der Waals surface area contributed by atoms with E-state index in [-0.39, 0.29) is 11.6 Å². The first-order valence-electron chi connectivity index (χ1n) is 7.34. The van der Waals surface area contributed by atoms with Gasteiger partial charge in [0.25, 0.3) is 0 Å². The summed E-state index contributed by atoms with van der Waals surface area (Å²) < 4.78 is 11.5. The van der Waals surface area contributed by atoms with E-state index in [1.165, 1.54) is 0 Å². The molecule has 0 bridgehead atoms. The molecule has 4 heteroatoms. The van der Waals surface area contributed by atoms with Crippen molar-refractivity contribution in [2.24, 2.45) is 11.7 Å². The molecule has 2 aliphatic heterocycles. The molecule has 3 atom stereocenters. The molecule has 0 aromatic heterocycles. The van der Waals surface area contributed by atoms with Gasteiger partial charge in [-0.3, -0.25) is 0 Å². The molecular weight excluding hydrogens is 274 g/mol. The van der Waals surface area contributed by atoms with Gasteiger partial charge < -0.3 is 15.2 Å². The highest BCUT2D eigenvalue weighted by Crippen LogP contribution is 2.41. The molecule has 2 N–H and O–H groups in total. The van der Waals surface area contributed by atoms with Crippen LogP contribution in [0.15, 0.2) is 18.2 Å². The summed E-state index contributed by atoms with van der Waals surface area (Å²) in [4.78, 5) is 0. The highest BCUT2D eigenvalue weighted by Gasteiger charge is 2.42. The number of hydrogen-bond donors (Lipinski definition) is 1. The molecule has 0 radical (unpaired) electrons. The largest absolute Gasteiger partial charge is 0.378 e. The van der Waals surface area contributed by atoms with E-state index in [0.29, 0.717) is 12.5 Å². The third-order valence-electron chi connectivity index (χ3n) is 4.69. The molecule has 2 fully saturated rings. The van der Waals surface area contributed by atoms with Crippen LogP contribution in [0.5, 0.6) is 0 Å². The Hall–Kier alpha value is -0.610. The topological polar surface area (TPSA) is 44.5 Å². The van der Waals surface area contributed by atoms with Crippen molar-refractivity contribution in [1.82, 2.24) is 0 Å². The molecular formula is C16H22ClNO2. The molecule has 1 aromatic carbocycles. The lowest BCUT2D eigenvalue weighted by Gasteiger charge is -2.39. The summed E-state index contributed by atoms with van der Waals surface area (Å²) in [6, 6.07) is 6.08. The van der Waals surface area contributed by atoms with Crippen LogP contribution in [-0.2, 0) is 9.47 Å². The fourth-order valence-corrected chi connectivity index (χ4v) is 3.67. The Morgan fingerprint density at radius 2 is 2.25 bits per heavy atom. The van der Waals surface area contributed by atoms with E-state index in [1.807, 2.05) is 25.1 Å². The van der Waals surface area contributed by atoms with Gasteiger partial charge in [0, 0.05) is 30.7 Å². The predicted molar refractivity (Wildman–Crippen MR) is 80.0 cm³/mol. The van der Waals surface area contributed by atoms with Gasteiger partial charge >= 0.3 is 0 Å². The van der Waals surface area contributed by atoms with Gasteiger partial charge in [0.1, 0.15) is 0 Å². The van der Waals surface area contributed by atoms with Gasteiger partial charge in [0.2, 0.25) is 0 Å². The zero-order chi connectivity index (χ0) is 14.2. The zero-order valence-corrected chi connectivity index (χ0v) is 12.7. The Morgan fingerprint density at radius 3 is 3.00 bits per heavy atom. The van der Waals surface area contributed by atoms with Gasteiger partial charge in [-0.2, -0.15) is 0 Å². The summed E-state index contributed by atoms with van der Waals surface area (Å²) in [6.07, 6.45) is 2.95. The minimum Gasteiger partial charge on any atom is -0.378 e. The standard InChI is InChI=1S/C16H22ClNO2/c1-11-3-2-4-13(14(11)17)15(18)12-5-7-20-16(9-12)6-8-19-10-16/h2-4,12,15H,5-10,18H2,1H3. The third-order valence-corrected chi connectivity index (χ3v) is 5.20. The number of ether oxygens (including phenoxy) is 2. The van der Waals surface area contributed by atoms with Crippen molar-refractivity contribution < 1.29 is 9.47 Å². The molecule has 3 nitrogen and oxygen atoms in total. The van der Waals surface area contributed by atoms with Crippen molar-refractivity contribution in [3.63, 3.8) is 0 Å². The first-order valence-corrected chi connectivity index (χ1v) is 7.71. The number of rotatable bonds is 2. The van der Waals surface area contributed by atoms with Crippen LogP contribution in [-0.4, -0.2) is 25.4 Å². The minimum atomic E-state index is -0.100. The second-order valence-corrected chi connectivity index (χ2v) is 6.47. The van der Waals surface area contributed by atoms with Gasteiger partial charge in [-0.15, -0.1) is 0 Å². The number of halogens is 1. The maximum absolute atomic E-state index is 6.51. The Bertz CT molecular complexity index is 485. The van der Waals surface area contributed by atoms with Crippen molar-refractivity contribution in [2.75, 3.05) is 19.8 Å². The van der Waals surface area contributed by atoms with Crippen LogP contribution in [0.3, 0.4) is 0 Å². The number of nitrogens with two attached hydrogens (primary N) is 1. The second-order valence-electron chi connectivity index (χ2n) is 6.09. The lowest BCUT2D eigenvalue weighted by atomic mass is 9.79. The van der Waals surface area contributed by atoms with Crippen molar-refractivity contribution in [3.05, 3.63) is 34.3 Å². The highest BCUT2D eigenvalue weighted by molar-refractivity contribution is 6.32. The Labute approximate surface area is 125 Å². The Kier molecular flexibility index (Phi) is 4.04. The van der Waals surface area contributed by atoms with E-state index in [4.69, 9.17) is 26.8 Å². The van der Waals surface area contributed by atoms with Crippen molar-refractivity contribution in [2.45, 2.75) is 37.8 Å². The first kappa shape index (κ1) is 14.3. The number of benzene rings is 1. The van der Waals surface area contributed by atoms with Gasteiger partial charge in [-0.25, -0.2) is 0 Å².